The van der Waals surface area contributed by atoms with Crippen molar-refractivity contribution in [1.82, 2.24) is 15.2 Å². The maximum atomic E-state index is 12.0. The summed E-state index contributed by atoms with van der Waals surface area (Å²) in [5.74, 6) is 0.000493. The highest BCUT2D eigenvalue weighted by molar-refractivity contribution is 7.99. The maximum absolute atomic E-state index is 12.0. The van der Waals surface area contributed by atoms with Crippen molar-refractivity contribution >= 4 is 29.0 Å². The van der Waals surface area contributed by atoms with Gasteiger partial charge in [-0.05, 0) is 25.1 Å². The Bertz CT molecular complexity index is 945. The molecule has 0 saturated carbocycles. The van der Waals surface area contributed by atoms with Crippen LogP contribution in [-0.2, 0) is 4.79 Å². The summed E-state index contributed by atoms with van der Waals surface area (Å²) < 4.78 is 5.47. The van der Waals surface area contributed by atoms with E-state index in [1.807, 2.05) is 0 Å². The number of aryl methyl sites for hydroxylation is 1. The first kappa shape index (κ1) is 17.5. The molecule has 3 rings (SSSR count). The molecule has 1 N–H and O–H groups in total. The number of pyridine rings is 1. The minimum atomic E-state index is -0.488. The lowest BCUT2D eigenvalue weighted by Crippen LogP contribution is -2.14. The van der Waals surface area contributed by atoms with E-state index in [2.05, 4.69) is 20.5 Å². The number of nitro groups is 1. The molecule has 0 aliphatic carbocycles. The van der Waals surface area contributed by atoms with Crippen LogP contribution in [0.25, 0.3) is 11.5 Å². The van der Waals surface area contributed by atoms with Gasteiger partial charge in [0.05, 0.1) is 16.2 Å². The molecular formula is C16H13N5O4S. The third kappa shape index (κ3) is 4.22. The van der Waals surface area contributed by atoms with Crippen LogP contribution in [0.4, 0.5) is 11.4 Å². The number of rotatable bonds is 6. The molecule has 0 unspecified atom stereocenters. The molecule has 2 heterocycles. The SMILES string of the molecule is Cc1ccc(NC(=O)CSc2nnc(-c3cccnc3)o2)cc1[N+](=O)[O-]. The fourth-order valence-corrected chi connectivity index (χ4v) is 2.65. The Morgan fingerprint density at radius 1 is 1.35 bits per heavy atom. The van der Waals surface area contributed by atoms with E-state index in [0.29, 0.717) is 22.7 Å². The topological polar surface area (TPSA) is 124 Å². The van der Waals surface area contributed by atoms with E-state index < -0.39 is 4.92 Å². The number of carbonyl (C=O) groups is 1. The first-order chi connectivity index (χ1) is 12.5. The number of thioether (sulfide) groups is 1. The number of nitrogens with one attached hydrogen (secondary N) is 1. The molecule has 0 radical (unpaired) electrons. The number of hydrogen-bond acceptors (Lipinski definition) is 8. The van der Waals surface area contributed by atoms with Gasteiger partial charge < -0.3 is 9.73 Å². The molecule has 26 heavy (non-hydrogen) atoms. The molecule has 0 spiro atoms. The Balaban J connectivity index is 1.59. The van der Waals surface area contributed by atoms with Crippen molar-refractivity contribution in [1.29, 1.82) is 0 Å². The molecule has 0 aliphatic rings. The fourth-order valence-electron chi connectivity index (χ4n) is 2.08. The van der Waals surface area contributed by atoms with Crippen LogP contribution in [-0.4, -0.2) is 31.8 Å². The third-order valence-corrected chi connectivity index (χ3v) is 4.15. The van der Waals surface area contributed by atoms with Crippen LogP contribution >= 0.6 is 11.8 Å². The quantitative estimate of drug-likeness (QED) is 0.398. The molecule has 132 valence electrons. The highest BCUT2D eigenvalue weighted by Crippen LogP contribution is 2.24. The summed E-state index contributed by atoms with van der Waals surface area (Å²) in [5.41, 5.74) is 1.52. The Morgan fingerprint density at radius 3 is 2.92 bits per heavy atom. The second-order valence-electron chi connectivity index (χ2n) is 5.21. The predicted octanol–water partition coefficient (Wildman–Crippen LogP) is 3.08. The number of anilines is 1. The summed E-state index contributed by atoms with van der Waals surface area (Å²) in [4.78, 5) is 26.5. The number of aromatic nitrogens is 3. The molecule has 2 aromatic heterocycles. The normalized spacial score (nSPS) is 10.5. The summed E-state index contributed by atoms with van der Waals surface area (Å²) >= 11 is 1.07. The smallest absolute Gasteiger partial charge is 0.277 e. The summed E-state index contributed by atoms with van der Waals surface area (Å²) in [7, 11) is 0. The van der Waals surface area contributed by atoms with Gasteiger partial charge in [0.1, 0.15) is 0 Å². The average Bonchev–Trinajstić information content (AvgIpc) is 3.11. The van der Waals surface area contributed by atoms with Crippen molar-refractivity contribution in [2.24, 2.45) is 0 Å². The van der Waals surface area contributed by atoms with Gasteiger partial charge in [-0.25, -0.2) is 0 Å². The molecule has 10 heteroatoms. The zero-order chi connectivity index (χ0) is 18.5. The molecule has 3 aromatic rings. The fraction of sp³-hybridized carbons (Fsp3) is 0.125. The number of amides is 1. The Morgan fingerprint density at radius 2 is 2.19 bits per heavy atom. The van der Waals surface area contributed by atoms with Crippen LogP contribution in [0.5, 0.6) is 0 Å². The number of hydrogen-bond donors (Lipinski definition) is 1. The lowest BCUT2D eigenvalue weighted by atomic mass is 10.2. The Labute approximate surface area is 152 Å². The highest BCUT2D eigenvalue weighted by Gasteiger charge is 2.14. The van der Waals surface area contributed by atoms with E-state index in [1.54, 1.807) is 43.6 Å². The zero-order valence-electron chi connectivity index (χ0n) is 13.6. The van der Waals surface area contributed by atoms with Gasteiger partial charge in [0, 0.05) is 29.7 Å². The second-order valence-corrected chi connectivity index (χ2v) is 6.14. The van der Waals surface area contributed by atoms with Crippen molar-refractivity contribution < 1.29 is 14.1 Å². The highest BCUT2D eigenvalue weighted by atomic mass is 32.2. The van der Waals surface area contributed by atoms with E-state index in [1.165, 1.54) is 6.07 Å². The molecule has 0 saturated heterocycles. The molecule has 9 nitrogen and oxygen atoms in total. The minimum Gasteiger partial charge on any atom is -0.411 e. The zero-order valence-corrected chi connectivity index (χ0v) is 14.4. The van der Waals surface area contributed by atoms with Gasteiger partial charge >= 0.3 is 0 Å². The first-order valence-corrected chi connectivity index (χ1v) is 8.43. The van der Waals surface area contributed by atoms with E-state index in [9.17, 15) is 14.9 Å². The lowest BCUT2D eigenvalue weighted by molar-refractivity contribution is -0.385. The second kappa shape index (κ2) is 7.74. The van der Waals surface area contributed by atoms with Gasteiger partial charge in [-0.15, -0.1) is 10.2 Å². The maximum Gasteiger partial charge on any atom is 0.277 e. The van der Waals surface area contributed by atoms with E-state index in [-0.39, 0.29) is 22.6 Å². The van der Waals surface area contributed by atoms with Gasteiger partial charge in [-0.1, -0.05) is 17.8 Å². The molecule has 1 aromatic carbocycles. The predicted molar refractivity (Wildman–Crippen MR) is 94.7 cm³/mol. The number of nitro benzene ring substituents is 1. The Hall–Kier alpha value is -3.27. The number of carbonyl (C=O) groups excluding carboxylic acids is 1. The van der Waals surface area contributed by atoms with Crippen molar-refractivity contribution in [3.05, 3.63) is 58.4 Å². The summed E-state index contributed by atoms with van der Waals surface area (Å²) in [6, 6.07) is 8.05. The summed E-state index contributed by atoms with van der Waals surface area (Å²) in [6.07, 6.45) is 3.23. The van der Waals surface area contributed by atoms with Crippen LogP contribution in [0, 0.1) is 17.0 Å². The van der Waals surface area contributed by atoms with Crippen LogP contribution in [0.15, 0.2) is 52.4 Å². The lowest BCUT2D eigenvalue weighted by Gasteiger charge is -2.05. The molecule has 0 bridgehead atoms. The van der Waals surface area contributed by atoms with Crippen LogP contribution in [0.1, 0.15) is 5.56 Å². The van der Waals surface area contributed by atoms with E-state index >= 15 is 0 Å². The molecule has 0 atom stereocenters. The first-order valence-electron chi connectivity index (χ1n) is 7.44. The molecule has 0 aliphatic heterocycles. The number of benzene rings is 1. The van der Waals surface area contributed by atoms with E-state index in [0.717, 1.165) is 11.8 Å². The van der Waals surface area contributed by atoms with Crippen molar-refractivity contribution in [2.45, 2.75) is 12.1 Å². The molecule has 1 amide bonds. The number of nitrogens with zero attached hydrogens (tertiary/aromatic N) is 4. The summed E-state index contributed by atoms with van der Waals surface area (Å²) in [6.45, 7) is 1.63. The molecule has 0 fully saturated rings. The van der Waals surface area contributed by atoms with Crippen molar-refractivity contribution in [3.8, 4) is 11.5 Å². The molecular weight excluding hydrogens is 358 g/mol. The van der Waals surface area contributed by atoms with Crippen LogP contribution in [0.2, 0.25) is 0 Å². The van der Waals surface area contributed by atoms with Crippen molar-refractivity contribution in [3.63, 3.8) is 0 Å². The Kier molecular flexibility index (Phi) is 5.23. The van der Waals surface area contributed by atoms with Gasteiger partial charge in [-0.3, -0.25) is 19.9 Å². The van der Waals surface area contributed by atoms with Crippen LogP contribution < -0.4 is 5.32 Å². The van der Waals surface area contributed by atoms with Gasteiger partial charge in [0.25, 0.3) is 10.9 Å². The average molecular weight is 371 g/mol. The largest absolute Gasteiger partial charge is 0.411 e. The van der Waals surface area contributed by atoms with Crippen LogP contribution in [0.3, 0.4) is 0 Å². The van der Waals surface area contributed by atoms with Gasteiger partial charge in [0.15, 0.2) is 0 Å². The van der Waals surface area contributed by atoms with Gasteiger partial charge in [-0.2, -0.15) is 0 Å². The summed E-state index contributed by atoms with van der Waals surface area (Å²) in [5, 5.41) is 21.6. The monoisotopic (exact) mass is 371 g/mol. The standard InChI is InChI=1S/C16H13N5O4S/c1-10-4-5-12(7-13(10)21(23)24)18-14(22)9-26-16-20-19-15(25-16)11-3-2-6-17-8-11/h2-8H,9H2,1H3,(H,18,22). The third-order valence-electron chi connectivity index (χ3n) is 3.33. The minimum absolute atomic E-state index is 0.0242. The van der Waals surface area contributed by atoms with E-state index in [4.69, 9.17) is 4.42 Å². The van der Waals surface area contributed by atoms with Crippen molar-refractivity contribution in [2.75, 3.05) is 11.1 Å². The van der Waals surface area contributed by atoms with Gasteiger partial charge in [0.2, 0.25) is 11.8 Å².